The molecule has 0 radical (unpaired) electrons. The Hall–Kier alpha value is -2.08. The fourth-order valence-corrected chi connectivity index (χ4v) is 2.80. The second kappa shape index (κ2) is 5.37. The Labute approximate surface area is 122 Å². The molecule has 1 aromatic rings. The summed E-state index contributed by atoms with van der Waals surface area (Å²) in [6.07, 6.45) is -1.05. The van der Waals surface area contributed by atoms with Gasteiger partial charge in [-0.1, -0.05) is 29.8 Å². The van der Waals surface area contributed by atoms with Crippen molar-refractivity contribution in [3.8, 4) is 0 Å². The lowest BCUT2D eigenvalue weighted by molar-refractivity contribution is -0.129. The van der Waals surface area contributed by atoms with Gasteiger partial charge < -0.3 is 15.2 Å². The van der Waals surface area contributed by atoms with Crippen LogP contribution < -0.4 is 5.32 Å². The number of rotatable bonds is 2. The molecule has 112 valence electrons. The SMILES string of the molecule is Cc1ccc([C@H]2CN(C3CCC(=O)NC3O)C(=O)O2)cc1. The van der Waals surface area contributed by atoms with Gasteiger partial charge in [0.05, 0.1) is 12.6 Å². The molecule has 0 spiro atoms. The molecule has 2 aliphatic heterocycles. The topological polar surface area (TPSA) is 78.9 Å². The Morgan fingerprint density at radius 1 is 1.29 bits per heavy atom. The molecule has 1 aromatic carbocycles. The minimum atomic E-state index is -1.03. The number of benzene rings is 1. The highest BCUT2D eigenvalue weighted by Crippen LogP contribution is 2.30. The van der Waals surface area contributed by atoms with Gasteiger partial charge in [0.25, 0.3) is 0 Å². The number of aliphatic hydroxyl groups is 1. The maximum atomic E-state index is 12.0. The van der Waals surface area contributed by atoms with E-state index in [1.807, 2.05) is 31.2 Å². The minimum absolute atomic E-state index is 0.193. The molecular weight excluding hydrogens is 272 g/mol. The third-order valence-electron chi connectivity index (χ3n) is 4.03. The fraction of sp³-hybridized carbons (Fsp3) is 0.467. The van der Waals surface area contributed by atoms with Gasteiger partial charge in [0.2, 0.25) is 5.91 Å². The number of nitrogens with one attached hydrogen (secondary N) is 1. The molecular formula is C15H18N2O4. The number of aryl methyl sites for hydroxylation is 1. The third-order valence-corrected chi connectivity index (χ3v) is 4.03. The first-order valence-electron chi connectivity index (χ1n) is 7.06. The van der Waals surface area contributed by atoms with Crippen LogP contribution in [0.15, 0.2) is 24.3 Å². The summed E-state index contributed by atoms with van der Waals surface area (Å²) in [6, 6.07) is 7.40. The minimum Gasteiger partial charge on any atom is -0.439 e. The number of aliphatic hydroxyl groups excluding tert-OH is 1. The van der Waals surface area contributed by atoms with Crippen LogP contribution in [0.5, 0.6) is 0 Å². The second-order valence-electron chi connectivity index (χ2n) is 5.55. The van der Waals surface area contributed by atoms with Gasteiger partial charge in [-0.05, 0) is 18.9 Å². The molecule has 2 fully saturated rings. The number of amides is 2. The molecule has 3 atom stereocenters. The van der Waals surface area contributed by atoms with E-state index in [0.717, 1.165) is 11.1 Å². The Morgan fingerprint density at radius 2 is 2.00 bits per heavy atom. The molecule has 0 aromatic heterocycles. The van der Waals surface area contributed by atoms with Crippen molar-refractivity contribution in [1.82, 2.24) is 10.2 Å². The summed E-state index contributed by atoms with van der Waals surface area (Å²) < 4.78 is 5.39. The third kappa shape index (κ3) is 2.71. The van der Waals surface area contributed by atoms with Crippen molar-refractivity contribution in [1.29, 1.82) is 0 Å². The monoisotopic (exact) mass is 290 g/mol. The highest BCUT2D eigenvalue weighted by Gasteiger charge is 2.41. The van der Waals surface area contributed by atoms with Gasteiger partial charge in [0, 0.05) is 6.42 Å². The molecule has 0 saturated carbocycles. The lowest BCUT2D eigenvalue weighted by atomic mass is 10.0. The molecule has 2 amide bonds. The van der Waals surface area contributed by atoms with Crippen molar-refractivity contribution < 1.29 is 19.4 Å². The normalized spacial score (nSPS) is 29.2. The maximum absolute atomic E-state index is 12.0. The van der Waals surface area contributed by atoms with E-state index in [4.69, 9.17) is 4.74 Å². The second-order valence-corrected chi connectivity index (χ2v) is 5.55. The summed E-state index contributed by atoms with van der Waals surface area (Å²) in [5.74, 6) is -0.193. The number of hydrogen-bond acceptors (Lipinski definition) is 4. The highest BCUT2D eigenvalue weighted by molar-refractivity contribution is 5.78. The van der Waals surface area contributed by atoms with E-state index in [0.29, 0.717) is 19.4 Å². The molecule has 2 heterocycles. The summed E-state index contributed by atoms with van der Waals surface area (Å²) in [5.41, 5.74) is 2.08. The van der Waals surface area contributed by atoms with Gasteiger partial charge in [-0.2, -0.15) is 0 Å². The van der Waals surface area contributed by atoms with E-state index in [1.165, 1.54) is 4.90 Å². The average molecular weight is 290 g/mol. The number of nitrogens with zero attached hydrogens (tertiary/aromatic N) is 1. The van der Waals surface area contributed by atoms with Crippen LogP contribution in [0.3, 0.4) is 0 Å². The van der Waals surface area contributed by atoms with Crippen LogP contribution in [-0.4, -0.2) is 40.8 Å². The van der Waals surface area contributed by atoms with Crippen LogP contribution in [0.1, 0.15) is 30.1 Å². The van der Waals surface area contributed by atoms with Gasteiger partial charge in [0.1, 0.15) is 12.3 Å². The van der Waals surface area contributed by atoms with Crippen LogP contribution in [0.25, 0.3) is 0 Å². The Kier molecular flexibility index (Phi) is 3.55. The predicted molar refractivity (Wildman–Crippen MR) is 74.3 cm³/mol. The number of cyclic esters (lactones) is 1. The van der Waals surface area contributed by atoms with Crippen molar-refractivity contribution >= 4 is 12.0 Å². The van der Waals surface area contributed by atoms with E-state index < -0.39 is 18.4 Å². The highest BCUT2D eigenvalue weighted by atomic mass is 16.6. The fourth-order valence-electron chi connectivity index (χ4n) is 2.80. The number of ether oxygens (including phenoxy) is 1. The van der Waals surface area contributed by atoms with Crippen molar-refractivity contribution in [2.45, 2.75) is 38.1 Å². The van der Waals surface area contributed by atoms with Crippen molar-refractivity contribution in [3.63, 3.8) is 0 Å². The summed E-state index contributed by atoms with van der Waals surface area (Å²) in [7, 11) is 0. The zero-order valence-corrected chi connectivity index (χ0v) is 11.8. The Balaban J connectivity index is 1.72. The summed E-state index contributed by atoms with van der Waals surface area (Å²) in [6.45, 7) is 2.39. The first kappa shape index (κ1) is 13.9. The smallest absolute Gasteiger partial charge is 0.410 e. The zero-order valence-electron chi connectivity index (χ0n) is 11.8. The molecule has 2 N–H and O–H groups in total. The molecule has 2 unspecified atom stereocenters. The lowest BCUT2D eigenvalue weighted by Crippen LogP contribution is -2.55. The molecule has 0 aliphatic carbocycles. The number of piperidine rings is 1. The zero-order chi connectivity index (χ0) is 15.0. The van der Waals surface area contributed by atoms with Crippen LogP contribution in [0, 0.1) is 6.92 Å². The quantitative estimate of drug-likeness (QED) is 0.854. The van der Waals surface area contributed by atoms with Gasteiger partial charge >= 0.3 is 6.09 Å². The van der Waals surface area contributed by atoms with E-state index in [9.17, 15) is 14.7 Å². The molecule has 2 aliphatic rings. The predicted octanol–water partition coefficient (Wildman–Crippen LogP) is 1.09. The van der Waals surface area contributed by atoms with Gasteiger partial charge in [-0.15, -0.1) is 0 Å². The maximum Gasteiger partial charge on any atom is 0.410 e. The molecule has 0 bridgehead atoms. The lowest BCUT2D eigenvalue weighted by Gasteiger charge is -2.33. The van der Waals surface area contributed by atoms with Crippen LogP contribution in [0.2, 0.25) is 0 Å². The van der Waals surface area contributed by atoms with E-state index in [-0.39, 0.29) is 12.0 Å². The van der Waals surface area contributed by atoms with Crippen LogP contribution in [-0.2, 0) is 9.53 Å². The number of carbonyl (C=O) groups is 2. The van der Waals surface area contributed by atoms with E-state index in [1.54, 1.807) is 0 Å². The molecule has 6 heteroatoms. The van der Waals surface area contributed by atoms with E-state index >= 15 is 0 Å². The van der Waals surface area contributed by atoms with Gasteiger partial charge in [-0.3, -0.25) is 9.69 Å². The Morgan fingerprint density at radius 3 is 2.67 bits per heavy atom. The van der Waals surface area contributed by atoms with Gasteiger partial charge in [0.15, 0.2) is 0 Å². The average Bonchev–Trinajstić information content (AvgIpc) is 2.81. The standard InChI is InChI=1S/C15H18N2O4/c1-9-2-4-10(5-3-9)12-8-17(15(20)21-12)11-6-7-13(18)16-14(11)19/h2-5,11-12,14,19H,6-8H2,1H3,(H,16,18)/t11?,12-,14?/m1/s1. The molecule has 21 heavy (non-hydrogen) atoms. The number of carbonyl (C=O) groups excluding carboxylic acids is 2. The first-order valence-corrected chi connectivity index (χ1v) is 7.06. The largest absolute Gasteiger partial charge is 0.439 e. The van der Waals surface area contributed by atoms with Crippen LogP contribution in [0.4, 0.5) is 4.79 Å². The first-order chi connectivity index (χ1) is 10.0. The number of hydrogen-bond donors (Lipinski definition) is 2. The summed E-state index contributed by atoms with van der Waals surface area (Å²) in [4.78, 5) is 24.8. The van der Waals surface area contributed by atoms with Crippen LogP contribution >= 0.6 is 0 Å². The van der Waals surface area contributed by atoms with Crippen molar-refractivity contribution in [2.24, 2.45) is 0 Å². The molecule has 3 rings (SSSR count). The molecule has 2 saturated heterocycles. The Bertz CT molecular complexity index is 557. The summed E-state index contributed by atoms with van der Waals surface area (Å²) in [5, 5.41) is 12.4. The summed E-state index contributed by atoms with van der Waals surface area (Å²) >= 11 is 0. The van der Waals surface area contributed by atoms with Crippen molar-refractivity contribution in [3.05, 3.63) is 35.4 Å². The van der Waals surface area contributed by atoms with E-state index in [2.05, 4.69) is 5.32 Å². The van der Waals surface area contributed by atoms with Gasteiger partial charge in [-0.25, -0.2) is 4.79 Å². The van der Waals surface area contributed by atoms with Crippen molar-refractivity contribution in [2.75, 3.05) is 6.54 Å². The molecule has 6 nitrogen and oxygen atoms in total.